The largest absolute Gasteiger partial charge is 0.487 e. The summed E-state index contributed by atoms with van der Waals surface area (Å²) in [6, 6.07) is 4.81. The highest BCUT2D eigenvalue weighted by Crippen LogP contribution is 2.28. The maximum Gasteiger partial charge on any atom is 0.225 e. The number of ether oxygens (including phenoxy) is 1. The fraction of sp³-hybridized carbons (Fsp3) is 0.562. The van der Waals surface area contributed by atoms with Crippen LogP contribution in [0.15, 0.2) is 18.2 Å². The Hall–Kier alpha value is -1.27. The topological polar surface area (TPSA) is 50.4 Å². The second-order valence-electron chi connectivity index (χ2n) is 5.79. The standard InChI is InChI=1S/C16H21FN2O2S/c17-14-8-11(4-5-15(14)21-13-2-1-3-13)19-16(20)9-12-10-22-7-6-18-12/h4-5,8,12-13,18H,1-3,6-7,9-10H2,(H,19,20). The lowest BCUT2D eigenvalue weighted by Crippen LogP contribution is -2.39. The Morgan fingerprint density at radius 1 is 1.45 bits per heavy atom. The summed E-state index contributed by atoms with van der Waals surface area (Å²) < 4.78 is 19.5. The van der Waals surface area contributed by atoms with Gasteiger partial charge >= 0.3 is 0 Å². The molecular formula is C16H21FN2O2S. The number of halogens is 1. The number of rotatable bonds is 5. The number of thioether (sulfide) groups is 1. The molecule has 1 atom stereocenters. The molecular weight excluding hydrogens is 303 g/mol. The smallest absolute Gasteiger partial charge is 0.225 e. The van der Waals surface area contributed by atoms with Crippen LogP contribution in [0.3, 0.4) is 0 Å². The molecule has 3 rings (SSSR count). The number of nitrogens with one attached hydrogen (secondary N) is 2. The van der Waals surface area contributed by atoms with E-state index in [0.29, 0.717) is 12.1 Å². The number of amides is 1. The van der Waals surface area contributed by atoms with Crippen molar-refractivity contribution in [1.82, 2.24) is 5.32 Å². The van der Waals surface area contributed by atoms with Gasteiger partial charge in [-0.25, -0.2) is 4.39 Å². The summed E-state index contributed by atoms with van der Waals surface area (Å²) in [7, 11) is 0. The minimum atomic E-state index is -0.420. The van der Waals surface area contributed by atoms with Crippen LogP contribution in [0.4, 0.5) is 10.1 Å². The lowest BCUT2D eigenvalue weighted by Gasteiger charge is -2.26. The lowest BCUT2D eigenvalue weighted by molar-refractivity contribution is -0.116. The van der Waals surface area contributed by atoms with Crippen LogP contribution < -0.4 is 15.4 Å². The van der Waals surface area contributed by atoms with Crippen molar-refractivity contribution < 1.29 is 13.9 Å². The van der Waals surface area contributed by atoms with E-state index in [9.17, 15) is 9.18 Å². The molecule has 1 heterocycles. The van der Waals surface area contributed by atoms with Crippen molar-refractivity contribution in [2.75, 3.05) is 23.4 Å². The zero-order valence-electron chi connectivity index (χ0n) is 12.4. The van der Waals surface area contributed by atoms with Crippen LogP contribution in [0.1, 0.15) is 25.7 Å². The second-order valence-corrected chi connectivity index (χ2v) is 6.94. The van der Waals surface area contributed by atoms with E-state index >= 15 is 0 Å². The molecule has 1 saturated heterocycles. The predicted octanol–water partition coefficient (Wildman–Crippen LogP) is 2.79. The number of hydrogen-bond acceptors (Lipinski definition) is 4. The van der Waals surface area contributed by atoms with E-state index in [-0.39, 0.29) is 23.8 Å². The monoisotopic (exact) mass is 324 g/mol. The predicted molar refractivity (Wildman–Crippen MR) is 87.0 cm³/mol. The van der Waals surface area contributed by atoms with Crippen molar-refractivity contribution in [3.63, 3.8) is 0 Å². The van der Waals surface area contributed by atoms with E-state index in [4.69, 9.17) is 4.74 Å². The minimum Gasteiger partial charge on any atom is -0.487 e. The molecule has 0 radical (unpaired) electrons. The summed E-state index contributed by atoms with van der Waals surface area (Å²) >= 11 is 1.85. The summed E-state index contributed by atoms with van der Waals surface area (Å²) in [5.74, 6) is 1.79. The highest BCUT2D eigenvalue weighted by molar-refractivity contribution is 7.99. The van der Waals surface area contributed by atoms with Crippen LogP contribution >= 0.6 is 11.8 Å². The zero-order chi connectivity index (χ0) is 15.4. The molecule has 2 N–H and O–H groups in total. The van der Waals surface area contributed by atoms with E-state index in [0.717, 1.165) is 37.3 Å². The van der Waals surface area contributed by atoms with Crippen LogP contribution in [-0.2, 0) is 4.79 Å². The van der Waals surface area contributed by atoms with Crippen LogP contribution in [0.2, 0.25) is 0 Å². The minimum absolute atomic E-state index is 0.0907. The number of anilines is 1. The van der Waals surface area contributed by atoms with Gasteiger partial charge in [0.2, 0.25) is 5.91 Å². The Morgan fingerprint density at radius 3 is 2.95 bits per heavy atom. The van der Waals surface area contributed by atoms with Gasteiger partial charge < -0.3 is 15.4 Å². The van der Waals surface area contributed by atoms with Crippen molar-refractivity contribution >= 4 is 23.4 Å². The van der Waals surface area contributed by atoms with E-state index in [1.807, 2.05) is 11.8 Å². The van der Waals surface area contributed by atoms with Crippen LogP contribution in [0, 0.1) is 5.82 Å². The average Bonchev–Trinajstić information content (AvgIpc) is 2.45. The fourth-order valence-corrected chi connectivity index (χ4v) is 3.48. The van der Waals surface area contributed by atoms with Crippen LogP contribution in [0.5, 0.6) is 5.75 Å². The first-order valence-corrected chi connectivity index (χ1v) is 8.93. The first-order valence-electron chi connectivity index (χ1n) is 7.78. The molecule has 1 amide bonds. The van der Waals surface area contributed by atoms with Crippen molar-refractivity contribution in [2.24, 2.45) is 0 Å². The Morgan fingerprint density at radius 2 is 2.32 bits per heavy atom. The molecule has 1 aliphatic heterocycles. The van der Waals surface area contributed by atoms with Crippen molar-refractivity contribution in [3.05, 3.63) is 24.0 Å². The van der Waals surface area contributed by atoms with Gasteiger partial charge in [-0.1, -0.05) is 0 Å². The Kier molecular flexibility index (Phi) is 5.20. The summed E-state index contributed by atoms with van der Waals surface area (Å²) in [5.41, 5.74) is 0.479. The zero-order valence-corrected chi connectivity index (χ0v) is 13.3. The number of carbonyl (C=O) groups is 1. The van der Waals surface area contributed by atoms with Gasteiger partial charge in [0.15, 0.2) is 11.6 Å². The molecule has 6 heteroatoms. The molecule has 4 nitrogen and oxygen atoms in total. The molecule has 1 unspecified atom stereocenters. The summed E-state index contributed by atoms with van der Waals surface area (Å²) in [4.78, 5) is 12.0. The Bertz CT molecular complexity index is 531. The van der Waals surface area contributed by atoms with Crippen LogP contribution in [-0.4, -0.2) is 36.1 Å². The first kappa shape index (κ1) is 15.6. The molecule has 22 heavy (non-hydrogen) atoms. The molecule has 0 spiro atoms. The molecule has 1 aliphatic carbocycles. The summed E-state index contributed by atoms with van der Waals surface area (Å²) in [6.07, 6.45) is 3.68. The fourth-order valence-electron chi connectivity index (χ4n) is 2.53. The van der Waals surface area contributed by atoms with Gasteiger partial charge in [-0.05, 0) is 31.4 Å². The van der Waals surface area contributed by atoms with E-state index in [2.05, 4.69) is 10.6 Å². The average molecular weight is 324 g/mol. The highest BCUT2D eigenvalue weighted by Gasteiger charge is 2.21. The molecule has 120 valence electrons. The van der Waals surface area contributed by atoms with Crippen molar-refractivity contribution in [2.45, 2.75) is 37.8 Å². The van der Waals surface area contributed by atoms with Crippen LogP contribution in [0.25, 0.3) is 0 Å². The highest BCUT2D eigenvalue weighted by atomic mass is 32.2. The number of benzene rings is 1. The SMILES string of the molecule is O=C(CC1CSCCN1)Nc1ccc(OC2CCC2)c(F)c1. The third-order valence-corrected chi connectivity index (χ3v) is 5.12. The normalized spacial score (nSPS) is 22.0. The van der Waals surface area contributed by atoms with E-state index < -0.39 is 5.82 Å². The van der Waals surface area contributed by atoms with Gasteiger partial charge in [-0.2, -0.15) is 11.8 Å². The van der Waals surface area contributed by atoms with E-state index in [1.165, 1.54) is 6.07 Å². The van der Waals surface area contributed by atoms with Gasteiger partial charge in [0.1, 0.15) is 0 Å². The molecule has 2 aliphatic rings. The molecule has 1 aromatic rings. The number of carbonyl (C=O) groups excluding carboxylic acids is 1. The molecule has 0 bridgehead atoms. The Labute approximate surface area is 134 Å². The third-order valence-electron chi connectivity index (χ3n) is 3.99. The van der Waals surface area contributed by atoms with Gasteiger partial charge in [0, 0.05) is 42.3 Å². The maximum absolute atomic E-state index is 14.0. The summed E-state index contributed by atoms with van der Waals surface area (Å²) in [5, 5.41) is 6.07. The van der Waals surface area contributed by atoms with Crippen molar-refractivity contribution in [1.29, 1.82) is 0 Å². The molecule has 1 aromatic carbocycles. The third kappa shape index (κ3) is 4.14. The van der Waals surface area contributed by atoms with Gasteiger partial charge in [-0.3, -0.25) is 4.79 Å². The Balaban J connectivity index is 1.52. The van der Waals surface area contributed by atoms with Gasteiger partial charge in [-0.15, -0.1) is 0 Å². The van der Waals surface area contributed by atoms with Crippen molar-refractivity contribution in [3.8, 4) is 5.75 Å². The summed E-state index contributed by atoms with van der Waals surface area (Å²) in [6.45, 7) is 0.935. The second kappa shape index (κ2) is 7.33. The molecule has 1 saturated carbocycles. The maximum atomic E-state index is 14.0. The quantitative estimate of drug-likeness (QED) is 0.874. The van der Waals surface area contributed by atoms with Gasteiger partial charge in [0.25, 0.3) is 0 Å². The van der Waals surface area contributed by atoms with Gasteiger partial charge in [0.05, 0.1) is 6.10 Å². The lowest BCUT2D eigenvalue weighted by atomic mass is 9.96. The first-order chi connectivity index (χ1) is 10.7. The molecule has 2 fully saturated rings. The number of hydrogen-bond donors (Lipinski definition) is 2. The van der Waals surface area contributed by atoms with E-state index in [1.54, 1.807) is 12.1 Å². The molecule has 0 aromatic heterocycles.